The summed E-state index contributed by atoms with van der Waals surface area (Å²) in [5, 5.41) is 0. The first-order valence-corrected chi connectivity index (χ1v) is 12.2. The Labute approximate surface area is 178 Å². The first-order chi connectivity index (χ1) is 14.3. The molecule has 29 heavy (non-hydrogen) atoms. The summed E-state index contributed by atoms with van der Waals surface area (Å²) in [5.74, 6) is 2.80. The van der Waals surface area contributed by atoms with E-state index in [0.29, 0.717) is 0 Å². The smallest absolute Gasteiger partial charge is 0.128 e. The standard InChI is InChI=1S/C27H40N2/c1-2-3-6-10-23-13-17-25(18-14-23)26-19-15-24(16-20-26)11-7-4-5-8-12-27-28-21-9-22-29-27/h9,15-16,19-23,25H,2-8,10-14,17-18H2,1H3. The van der Waals surface area contributed by atoms with E-state index in [9.17, 15) is 0 Å². The van der Waals surface area contributed by atoms with E-state index in [1.54, 1.807) is 5.56 Å². The largest absolute Gasteiger partial charge is 0.241 e. The molecule has 158 valence electrons. The molecule has 0 bridgehead atoms. The maximum atomic E-state index is 4.30. The Morgan fingerprint density at radius 1 is 0.759 bits per heavy atom. The van der Waals surface area contributed by atoms with Gasteiger partial charge in [-0.2, -0.15) is 0 Å². The van der Waals surface area contributed by atoms with Gasteiger partial charge in [0.15, 0.2) is 0 Å². The van der Waals surface area contributed by atoms with Gasteiger partial charge < -0.3 is 0 Å². The summed E-state index contributed by atoms with van der Waals surface area (Å²) in [6, 6.07) is 11.5. The van der Waals surface area contributed by atoms with Crippen LogP contribution < -0.4 is 0 Å². The van der Waals surface area contributed by atoms with E-state index in [2.05, 4.69) is 41.2 Å². The van der Waals surface area contributed by atoms with Crippen molar-refractivity contribution in [3.8, 4) is 0 Å². The number of aryl methyl sites for hydroxylation is 2. The highest BCUT2D eigenvalue weighted by Crippen LogP contribution is 2.37. The van der Waals surface area contributed by atoms with Crippen LogP contribution in [-0.2, 0) is 12.8 Å². The molecule has 1 aliphatic rings. The minimum atomic E-state index is 0.812. The quantitative estimate of drug-likeness (QED) is 0.346. The Hall–Kier alpha value is -1.70. The third kappa shape index (κ3) is 7.91. The van der Waals surface area contributed by atoms with Gasteiger partial charge in [-0.1, -0.05) is 69.7 Å². The summed E-state index contributed by atoms with van der Waals surface area (Å²) in [6.45, 7) is 2.31. The van der Waals surface area contributed by atoms with E-state index in [1.165, 1.54) is 89.0 Å². The second kappa shape index (κ2) is 12.8. The molecule has 0 radical (unpaired) electrons. The van der Waals surface area contributed by atoms with E-state index in [-0.39, 0.29) is 0 Å². The lowest BCUT2D eigenvalue weighted by Crippen LogP contribution is -2.13. The SMILES string of the molecule is CCCCCC1CCC(c2ccc(CCCCCCc3ncccn3)cc2)CC1. The molecule has 1 aromatic heterocycles. The zero-order chi connectivity index (χ0) is 20.2. The van der Waals surface area contributed by atoms with Gasteiger partial charge in [0.05, 0.1) is 0 Å². The molecule has 1 fully saturated rings. The van der Waals surface area contributed by atoms with E-state index in [4.69, 9.17) is 0 Å². The lowest BCUT2D eigenvalue weighted by atomic mass is 9.77. The van der Waals surface area contributed by atoms with Crippen LogP contribution in [0.4, 0.5) is 0 Å². The zero-order valence-electron chi connectivity index (χ0n) is 18.5. The van der Waals surface area contributed by atoms with Gasteiger partial charge in [0.1, 0.15) is 5.82 Å². The summed E-state index contributed by atoms with van der Waals surface area (Å²) in [4.78, 5) is 8.60. The third-order valence-electron chi connectivity index (χ3n) is 6.75. The van der Waals surface area contributed by atoms with Crippen LogP contribution in [0.3, 0.4) is 0 Å². The molecule has 0 spiro atoms. The Morgan fingerprint density at radius 3 is 2.14 bits per heavy atom. The van der Waals surface area contributed by atoms with Crippen LogP contribution in [0.5, 0.6) is 0 Å². The van der Waals surface area contributed by atoms with Gasteiger partial charge in [-0.15, -0.1) is 0 Å². The van der Waals surface area contributed by atoms with E-state index < -0.39 is 0 Å². The molecule has 2 nitrogen and oxygen atoms in total. The van der Waals surface area contributed by atoms with Crippen LogP contribution in [0.25, 0.3) is 0 Å². The zero-order valence-corrected chi connectivity index (χ0v) is 18.5. The highest BCUT2D eigenvalue weighted by molar-refractivity contribution is 5.26. The summed E-state index contributed by atoms with van der Waals surface area (Å²) in [5.41, 5.74) is 3.09. The Morgan fingerprint density at radius 2 is 1.45 bits per heavy atom. The molecule has 0 atom stereocenters. The van der Waals surface area contributed by atoms with Crippen molar-refractivity contribution in [1.82, 2.24) is 9.97 Å². The highest BCUT2D eigenvalue weighted by atomic mass is 14.8. The Bertz CT molecular complexity index is 657. The fraction of sp³-hybridized carbons (Fsp3) is 0.630. The van der Waals surface area contributed by atoms with Gasteiger partial charge in [0, 0.05) is 18.8 Å². The molecule has 1 heterocycles. The average Bonchev–Trinajstić information content (AvgIpc) is 2.78. The van der Waals surface area contributed by atoms with Gasteiger partial charge in [-0.25, -0.2) is 9.97 Å². The topological polar surface area (TPSA) is 25.8 Å². The predicted octanol–water partition coefficient (Wildman–Crippen LogP) is 7.68. The molecule has 1 aromatic carbocycles. The predicted molar refractivity (Wildman–Crippen MR) is 123 cm³/mol. The summed E-state index contributed by atoms with van der Waals surface area (Å²) in [7, 11) is 0. The van der Waals surface area contributed by atoms with E-state index >= 15 is 0 Å². The first-order valence-electron chi connectivity index (χ1n) is 12.2. The van der Waals surface area contributed by atoms with Crippen molar-refractivity contribution in [2.24, 2.45) is 5.92 Å². The van der Waals surface area contributed by atoms with Crippen molar-refractivity contribution < 1.29 is 0 Å². The molecule has 1 aliphatic carbocycles. The third-order valence-corrected chi connectivity index (χ3v) is 6.75. The molecule has 0 N–H and O–H groups in total. The van der Waals surface area contributed by atoms with Crippen molar-refractivity contribution in [1.29, 1.82) is 0 Å². The summed E-state index contributed by atoms with van der Waals surface area (Å²) < 4.78 is 0. The molecule has 2 heteroatoms. The summed E-state index contributed by atoms with van der Waals surface area (Å²) in [6.07, 6.45) is 22.4. The molecular weight excluding hydrogens is 352 g/mol. The molecule has 0 unspecified atom stereocenters. The lowest BCUT2D eigenvalue weighted by Gasteiger charge is -2.29. The van der Waals surface area contributed by atoms with Gasteiger partial charge in [-0.3, -0.25) is 0 Å². The molecule has 0 saturated heterocycles. The molecule has 0 aliphatic heterocycles. The Balaban J connectivity index is 1.29. The van der Waals surface area contributed by atoms with Crippen molar-refractivity contribution >= 4 is 0 Å². The van der Waals surface area contributed by atoms with Crippen LogP contribution in [0.1, 0.15) is 107 Å². The fourth-order valence-corrected chi connectivity index (χ4v) is 4.85. The maximum absolute atomic E-state index is 4.30. The maximum Gasteiger partial charge on any atom is 0.128 e. The molecule has 0 amide bonds. The first kappa shape index (κ1) is 22.0. The van der Waals surface area contributed by atoms with Gasteiger partial charge in [0.2, 0.25) is 0 Å². The number of unbranched alkanes of at least 4 members (excludes halogenated alkanes) is 5. The number of nitrogens with zero attached hydrogens (tertiary/aromatic N) is 2. The van der Waals surface area contributed by atoms with Gasteiger partial charge in [0.25, 0.3) is 0 Å². The van der Waals surface area contributed by atoms with Crippen LogP contribution in [0.2, 0.25) is 0 Å². The summed E-state index contributed by atoms with van der Waals surface area (Å²) >= 11 is 0. The fourth-order valence-electron chi connectivity index (χ4n) is 4.85. The highest BCUT2D eigenvalue weighted by Gasteiger charge is 2.21. The minimum absolute atomic E-state index is 0.812. The van der Waals surface area contributed by atoms with Gasteiger partial charge >= 0.3 is 0 Å². The number of hydrogen-bond acceptors (Lipinski definition) is 2. The number of rotatable bonds is 12. The van der Waals surface area contributed by atoms with E-state index in [1.807, 2.05) is 18.5 Å². The van der Waals surface area contributed by atoms with Crippen LogP contribution in [0.15, 0.2) is 42.7 Å². The van der Waals surface area contributed by atoms with Gasteiger partial charge in [-0.05, 0) is 74.0 Å². The second-order valence-corrected chi connectivity index (χ2v) is 9.03. The number of benzene rings is 1. The number of hydrogen-bond donors (Lipinski definition) is 0. The minimum Gasteiger partial charge on any atom is -0.241 e. The second-order valence-electron chi connectivity index (χ2n) is 9.03. The van der Waals surface area contributed by atoms with Crippen molar-refractivity contribution in [2.75, 3.05) is 0 Å². The van der Waals surface area contributed by atoms with Crippen LogP contribution >= 0.6 is 0 Å². The van der Waals surface area contributed by atoms with Crippen LogP contribution in [-0.4, -0.2) is 9.97 Å². The molecule has 1 saturated carbocycles. The van der Waals surface area contributed by atoms with Crippen molar-refractivity contribution in [3.63, 3.8) is 0 Å². The van der Waals surface area contributed by atoms with Crippen LogP contribution in [0, 0.1) is 5.92 Å². The monoisotopic (exact) mass is 392 g/mol. The van der Waals surface area contributed by atoms with E-state index in [0.717, 1.165) is 24.1 Å². The lowest BCUT2D eigenvalue weighted by molar-refractivity contribution is 0.303. The number of aromatic nitrogens is 2. The molecule has 2 aromatic rings. The molecule has 3 rings (SSSR count). The Kier molecular flexibility index (Phi) is 9.69. The molecular formula is C27H40N2. The van der Waals surface area contributed by atoms with Crippen molar-refractivity contribution in [3.05, 3.63) is 59.7 Å². The normalized spacial score (nSPS) is 19.3. The van der Waals surface area contributed by atoms with Crippen molar-refractivity contribution in [2.45, 2.75) is 103 Å². The average molecular weight is 393 g/mol.